The highest BCUT2D eigenvalue weighted by atomic mass is 19.1. The molecule has 0 saturated heterocycles. The first-order valence-electron chi connectivity index (χ1n) is 9.30. The van der Waals surface area contributed by atoms with Gasteiger partial charge in [-0.2, -0.15) is 0 Å². The number of carbonyl (C=O) groups is 4. The summed E-state index contributed by atoms with van der Waals surface area (Å²) in [5, 5.41) is 14.7. The van der Waals surface area contributed by atoms with Crippen LogP contribution in [0, 0.1) is 17.1 Å². The van der Waals surface area contributed by atoms with Crippen molar-refractivity contribution in [1.29, 1.82) is 5.41 Å². The van der Waals surface area contributed by atoms with Crippen LogP contribution in [0.15, 0.2) is 24.3 Å². The van der Waals surface area contributed by atoms with Crippen LogP contribution in [0.1, 0.15) is 39.2 Å². The number of halogens is 1. The lowest BCUT2D eigenvalue weighted by atomic mass is 10.1. The molecule has 0 aliphatic heterocycles. The van der Waals surface area contributed by atoms with Gasteiger partial charge in [-0.25, -0.2) is 4.39 Å². The van der Waals surface area contributed by atoms with Gasteiger partial charge in [0, 0.05) is 18.9 Å². The van der Waals surface area contributed by atoms with E-state index in [1.807, 2.05) is 0 Å². The van der Waals surface area contributed by atoms with Crippen molar-refractivity contribution in [3.8, 4) is 0 Å². The lowest BCUT2D eigenvalue weighted by molar-refractivity contribution is -0.132. The second kappa shape index (κ2) is 11.7. The van der Waals surface area contributed by atoms with Crippen LogP contribution < -0.4 is 16.0 Å². The average molecular weight is 406 g/mol. The Morgan fingerprint density at radius 3 is 2.17 bits per heavy atom. The van der Waals surface area contributed by atoms with Crippen LogP contribution in [0.5, 0.6) is 0 Å². The topological polar surface area (TPSA) is 128 Å². The normalized spacial score (nSPS) is 12.6. The maximum Gasteiger partial charge on any atom is 0.242 e. The molecule has 4 N–H and O–H groups in total. The van der Waals surface area contributed by atoms with Crippen molar-refractivity contribution in [3.05, 3.63) is 35.6 Å². The van der Waals surface area contributed by atoms with Crippen molar-refractivity contribution in [2.24, 2.45) is 5.92 Å². The Morgan fingerprint density at radius 2 is 1.62 bits per heavy atom. The van der Waals surface area contributed by atoms with Gasteiger partial charge < -0.3 is 21.4 Å². The number of hydrogen-bond acceptors (Lipinski definition) is 5. The number of ketones is 1. The molecule has 0 saturated carbocycles. The SMILES string of the molecule is CC(C)C(=O)N[C@@H](C)C(=O)N[C@@H](CCC(=O)C=N)C(=O)NCc1ccc(F)cc1. The van der Waals surface area contributed by atoms with Crippen LogP contribution in [0.2, 0.25) is 0 Å². The summed E-state index contributed by atoms with van der Waals surface area (Å²) in [5.74, 6) is -2.56. The molecule has 0 aliphatic carbocycles. The maximum absolute atomic E-state index is 13.0. The number of rotatable bonds is 11. The summed E-state index contributed by atoms with van der Waals surface area (Å²) in [5.41, 5.74) is 0.665. The molecule has 0 aromatic heterocycles. The molecular weight excluding hydrogens is 379 g/mol. The fraction of sp³-hybridized carbons (Fsp3) is 0.450. The molecule has 3 amide bonds. The molecule has 1 aromatic rings. The number of Topliss-reactive ketones (excluding diaryl/α,β-unsaturated/α-hetero) is 1. The standard InChI is InChI=1S/C20H27FN4O4/c1-12(2)18(27)24-13(3)19(28)25-17(9-8-16(26)10-22)20(29)23-11-14-4-6-15(21)7-5-14/h4-7,10,12-13,17,22H,8-9,11H2,1-3H3,(H,23,29)(H,24,27)(H,25,28)/t13-,17-/m0/s1. The van der Waals surface area contributed by atoms with E-state index in [1.165, 1.54) is 31.2 Å². The fourth-order valence-corrected chi connectivity index (χ4v) is 2.28. The van der Waals surface area contributed by atoms with E-state index in [0.717, 1.165) is 0 Å². The van der Waals surface area contributed by atoms with E-state index in [-0.39, 0.29) is 31.2 Å². The molecular formula is C20H27FN4O4. The molecule has 1 rings (SSSR count). The molecule has 9 heteroatoms. The van der Waals surface area contributed by atoms with Crippen molar-refractivity contribution in [2.75, 3.05) is 0 Å². The summed E-state index contributed by atoms with van der Waals surface area (Å²) in [6, 6.07) is 3.68. The highest BCUT2D eigenvalue weighted by molar-refractivity contribution is 6.26. The Morgan fingerprint density at radius 1 is 1.00 bits per heavy atom. The third kappa shape index (κ3) is 8.63. The first kappa shape index (κ1) is 23.9. The summed E-state index contributed by atoms with van der Waals surface area (Å²) in [6.07, 6.45) is 0.561. The van der Waals surface area contributed by atoms with Crippen LogP contribution in [0.25, 0.3) is 0 Å². The molecule has 0 heterocycles. The van der Waals surface area contributed by atoms with Crippen molar-refractivity contribution in [3.63, 3.8) is 0 Å². The lowest BCUT2D eigenvalue weighted by Crippen LogP contribution is -2.53. The molecule has 0 aliphatic rings. The molecule has 0 bridgehead atoms. The second-order valence-electron chi connectivity index (χ2n) is 6.94. The Balaban J connectivity index is 2.74. The summed E-state index contributed by atoms with van der Waals surface area (Å²) in [7, 11) is 0. The van der Waals surface area contributed by atoms with Gasteiger partial charge in [-0.1, -0.05) is 26.0 Å². The molecule has 0 unspecified atom stereocenters. The summed E-state index contributed by atoms with van der Waals surface area (Å²) in [6.45, 7) is 4.98. The minimum absolute atomic E-state index is 0.0000511. The van der Waals surface area contributed by atoms with Gasteiger partial charge in [0.1, 0.15) is 17.9 Å². The minimum Gasteiger partial charge on any atom is -0.350 e. The molecule has 29 heavy (non-hydrogen) atoms. The molecule has 8 nitrogen and oxygen atoms in total. The van der Waals surface area contributed by atoms with E-state index in [2.05, 4.69) is 16.0 Å². The minimum atomic E-state index is -1.02. The number of nitrogens with one attached hydrogen (secondary N) is 4. The van der Waals surface area contributed by atoms with Gasteiger partial charge >= 0.3 is 0 Å². The number of carbonyl (C=O) groups excluding carboxylic acids is 4. The predicted molar refractivity (Wildman–Crippen MR) is 106 cm³/mol. The first-order chi connectivity index (χ1) is 13.6. The molecule has 0 spiro atoms. The monoisotopic (exact) mass is 406 g/mol. The van der Waals surface area contributed by atoms with E-state index in [9.17, 15) is 23.6 Å². The quantitative estimate of drug-likeness (QED) is 0.410. The third-order valence-electron chi connectivity index (χ3n) is 4.13. The number of benzene rings is 1. The van der Waals surface area contributed by atoms with Crippen LogP contribution in [-0.2, 0) is 25.7 Å². The van der Waals surface area contributed by atoms with Gasteiger partial charge in [0.05, 0.1) is 6.21 Å². The third-order valence-corrected chi connectivity index (χ3v) is 4.13. The Kier molecular flexibility index (Phi) is 9.64. The van der Waals surface area contributed by atoms with Crippen LogP contribution in [0.3, 0.4) is 0 Å². The Hall–Kier alpha value is -3.10. The van der Waals surface area contributed by atoms with Gasteiger partial charge in [-0.05, 0) is 31.0 Å². The van der Waals surface area contributed by atoms with Crippen molar-refractivity contribution in [1.82, 2.24) is 16.0 Å². The van der Waals surface area contributed by atoms with Crippen LogP contribution in [0.4, 0.5) is 4.39 Å². The zero-order chi connectivity index (χ0) is 22.0. The number of hydrogen-bond donors (Lipinski definition) is 4. The largest absolute Gasteiger partial charge is 0.350 e. The molecule has 0 radical (unpaired) electrons. The van der Waals surface area contributed by atoms with E-state index < -0.39 is 35.5 Å². The summed E-state index contributed by atoms with van der Waals surface area (Å²) < 4.78 is 13.0. The van der Waals surface area contributed by atoms with E-state index in [4.69, 9.17) is 5.41 Å². The zero-order valence-electron chi connectivity index (χ0n) is 16.8. The molecule has 2 atom stereocenters. The Bertz CT molecular complexity index is 749. The smallest absolute Gasteiger partial charge is 0.242 e. The van der Waals surface area contributed by atoms with E-state index in [0.29, 0.717) is 11.8 Å². The predicted octanol–water partition coefficient (Wildman–Crippen LogP) is 1.09. The molecule has 1 aromatic carbocycles. The highest BCUT2D eigenvalue weighted by Gasteiger charge is 2.25. The van der Waals surface area contributed by atoms with Crippen LogP contribution in [-0.4, -0.2) is 41.8 Å². The van der Waals surface area contributed by atoms with E-state index >= 15 is 0 Å². The zero-order valence-corrected chi connectivity index (χ0v) is 16.8. The number of amides is 3. The van der Waals surface area contributed by atoms with Crippen molar-refractivity contribution >= 4 is 29.7 Å². The maximum atomic E-state index is 13.0. The van der Waals surface area contributed by atoms with Gasteiger partial charge in [-0.15, -0.1) is 0 Å². The average Bonchev–Trinajstić information content (AvgIpc) is 2.69. The van der Waals surface area contributed by atoms with Gasteiger partial charge in [-0.3, -0.25) is 19.2 Å². The fourth-order valence-electron chi connectivity index (χ4n) is 2.28. The van der Waals surface area contributed by atoms with Crippen LogP contribution >= 0.6 is 0 Å². The summed E-state index contributed by atoms with van der Waals surface area (Å²) >= 11 is 0. The summed E-state index contributed by atoms with van der Waals surface area (Å²) in [4.78, 5) is 48.0. The van der Waals surface area contributed by atoms with Gasteiger partial charge in [0.25, 0.3) is 0 Å². The van der Waals surface area contributed by atoms with Gasteiger partial charge in [0.2, 0.25) is 17.7 Å². The Labute approximate surface area is 169 Å². The van der Waals surface area contributed by atoms with E-state index in [1.54, 1.807) is 13.8 Å². The van der Waals surface area contributed by atoms with Crippen molar-refractivity contribution in [2.45, 2.75) is 52.2 Å². The lowest BCUT2D eigenvalue weighted by Gasteiger charge is -2.21. The first-order valence-corrected chi connectivity index (χ1v) is 9.30. The molecule has 158 valence electrons. The van der Waals surface area contributed by atoms with Crippen molar-refractivity contribution < 1.29 is 23.6 Å². The highest BCUT2D eigenvalue weighted by Crippen LogP contribution is 2.04. The second-order valence-corrected chi connectivity index (χ2v) is 6.94. The van der Waals surface area contributed by atoms with Gasteiger partial charge in [0.15, 0.2) is 5.78 Å². The molecule has 0 fully saturated rings.